The van der Waals surface area contributed by atoms with Gasteiger partial charge in [0.2, 0.25) is 0 Å². The zero-order valence-electron chi connectivity index (χ0n) is 22.8. The van der Waals surface area contributed by atoms with E-state index >= 15 is 4.39 Å². The molecule has 2 aromatic carbocycles. The highest BCUT2D eigenvalue weighted by Gasteiger charge is 2.21. The van der Waals surface area contributed by atoms with Crippen LogP contribution in [0.3, 0.4) is 0 Å². The number of aromatic nitrogens is 6. The lowest BCUT2D eigenvalue weighted by Crippen LogP contribution is -2.05. The van der Waals surface area contributed by atoms with Gasteiger partial charge in [-0.25, -0.2) is 13.8 Å². The number of H-pyrrole nitrogens is 2. The van der Waals surface area contributed by atoms with Crippen molar-refractivity contribution in [2.45, 2.75) is 20.4 Å². The maximum atomic E-state index is 16.2. The monoisotopic (exact) mass is 550 g/mol. The van der Waals surface area contributed by atoms with Crippen molar-refractivity contribution in [3.63, 3.8) is 0 Å². The van der Waals surface area contributed by atoms with E-state index in [-0.39, 0.29) is 11.7 Å². The van der Waals surface area contributed by atoms with E-state index in [2.05, 4.69) is 42.4 Å². The molecule has 0 atom stereocenters. The van der Waals surface area contributed by atoms with Gasteiger partial charge in [-0.1, -0.05) is 20.4 Å². The number of halogens is 2. The molecule has 41 heavy (non-hydrogen) atoms. The van der Waals surface area contributed by atoms with E-state index < -0.39 is 5.82 Å². The number of benzene rings is 2. The summed E-state index contributed by atoms with van der Waals surface area (Å²) < 4.78 is 30.6. The van der Waals surface area contributed by atoms with E-state index in [1.807, 2.05) is 26.0 Å². The number of pyridine rings is 2. The van der Waals surface area contributed by atoms with E-state index in [0.29, 0.717) is 62.4 Å². The first-order valence-electron chi connectivity index (χ1n) is 13.2. The highest BCUT2D eigenvalue weighted by molar-refractivity contribution is 5.98. The number of anilines is 1. The van der Waals surface area contributed by atoms with Crippen molar-refractivity contribution in [2.24, 2.45) is 5.92 Å². The van der Waals surface area contributed by atoms with E-state index in [1.54, 1.807) is 43.8 Å². The van der Waals surface area contributed by atoms with E-state index in [9.17, 15) is 4.39 Å². The van der Waals surface area contributed by atoms with Crippen molar-refractivity contribution in [3.05, 3.63) is 90.5 Å². The van der Waals surface area contributed by atoms with Crippen LogP contribution in [0.25, 0.3) is 55.8 Å². The molecule has 0 fully saturated rings. The number of nitrogens with one attached hydrogen (secondary N) is 4. The molecule has 0 amide bonds. The molecule has 206 valence electrons. The molecule has 6 rings (SSSR count). The summed E-state index contributed by atoms with van der Waals surface area (Å²) in [5, 5.41) is 13.9. The van der Waals surface area contributed by atoms with Crippen LogP contribution in [0.2, 0.25) is 0 Å². The fourth-order valence-corrected chi connectivity index (χ4v) is 4.80. The number of aromatic amines is 2. The van der Waals surface area contributed by atoms with Gasteiger partial charge in [0.25, 0.3) is 0 Å². The molecular weight excluding hydrogens is 522 g/mol. The number of fused-ring (bicyclic) bond motifs is 2. The largest absolute Gasteiger partial charge is 0.358 e. The molecule has 0 aliphatic rings. The van der Waals surface area contributed by atoms with Crippen molar-refractivity contribution in [3.8, 4) is 33.9 Å². The van der Waals surface area contributed by atoms with Crippen molar-refractivity contribution >= 4 is 27.6 Å². The molecule has 0 aliphatic heterocycles. The predicted molar refractivity (Wildman–Crippen MR) is 158 cm³/mol. The number of allylic oxidation sites excluding steroid dienone is 1. The third kappa shape index (κ3) is 4.93. The highest BCUT2D eigenvalue weighted by atomic mass is 19.1. The second-order valence-electron chi connectivity index (χ2n) is 10.2. The maximum absolute atomic E-state index is 16.2. The van der Waals surface area contributed by atoms with Gasteiger partial charge in [0.15, 0.2) is 5.82 Å². The maximum Gasteiger partial charge on any atom is 0.159 e. The summed E-state index contributed by atoms with van der Waals surface area (Å²) in [4.78, 5) is 16.8. The molecule has 4 aromatic heterocycles. The fourth-order valence-electron chi connectivity index (χ4n) is 4.80. The van der Waals surface area contributed by atoms with Gasteiger partial charge in [0.05, 0.1) is 34.0 Å². The van der Waals surface area contributed by atoms with Gasteiger partial charge >= 0.3 is 0 Å². The Morgan fingerprint density at radius 3 is 2.66 bits per heavy atom. The molecule has 8 nitrogen and oxygen atoms in total. The van der Waals surface area contributed by atoms with Gasteiger partial charge in [0, 0.05) is 41.3 Å². The molecule has 0 saturated heterocycles. The first-order chi connectivity index (χ1) is 19.8. The molecule has 0 spiro atoms. The van der Waals surface area contributed by atoms with Crippen LogP contribution in [-0.4, -0.2) is 37.2 Å². The molecule has 0 aliphatic carbocycles. The first kappa shape index (κ1) is 26.3. The van der Waals surface area contributed by atoms with E-state index in [4.69, 9.17) is 4.98 Å². The van der Waals surface area contributed by atoms with Gasteiger partial charge in [-0.05, 0) is 61.0 Å². The minimum absolute atomic E-state index is 0.232. The topological polar surface area (TPSA) is 107 Å². The Labute approximate surface area is 235 Å². The Morgan fingerprint density at radius 1 is 1.00 bits per heavy atom. The molecule has 0 saturated carbocycles. The van der Waals surface area contributed by atoms with Crippen molar-refractivity contribution in [2.75, 3.05) is 12.4 Å². The van der Waals surface area contributed by atoms with Crippen molar-refractivity contribution in [1.82, 2.24) is 35.5 Å². The van der Waals surface area contributed by atoms with Crippen LogP contribution in [0.5, 0.6) is 0 Å². The molecule has 6 aromatic rings. The smallest absolute Gasteiger partial charge is 0.159 e. The molecule has 0 unspecified atom stereocenters. The summed E-state index contributed by atoms with van der Waals surface area (Å²) in [6.07, 6.45) is 4.93. The summed E-state index contributed by atoms with van der Waals surface area (Å²) in [6, 6.07) is 11.9. The Hall–Kier alpha value is -4.96. The Kier molecular flexibility index (Phi) is 6.76. The second kappa shape index (κ2) is 10.5. The van der Waals surface area contributed by atoms with Crippen LogP contribution in [0, 0.1) is 17.6 Å². The number of hydrogen-bond acceptors (Lipinski definition) is 6. The zero-order valence-corrected chi connectivity index (χ0v) is 22.8. The SMILES string of the molecule is C=C(Nc1cncc(-c2ccc3[nH]nc(-c4nc5c(-c6cc(F)cc(CNC)c6)nccc5[nH]4)c3c2F)c1)C(C)C. The molecule has 0 radical (unpaired) electrons. The van der Waals surface area contributed by atoms with Gasteiger partial charge < -0.3 is 15.6 Å². The second-order valence-corrected chi connectivity index (χ2v) is 10.2. The van der Waals surface area contributed by atoms with Crippen LogP contribution >= 0.6 is 0 Å². The first-order valence-corrected chi connectivity index (χ1v) is 13.2. The summed E-state index contributed by atoms with van der Waals surface area (Å²) in [7, 11) is 1.80. The highest BCUT2D eigenvalue weighted by Crippen LogP contribution is 2.35. The van der Waals surface area contributed by atoms with Crippen LogP contribution in [0.1, 0.15) is 19.4 Å². The third-order valence-electron chi connectivity index (χ3n) is 6.96. The lowest BCUT2D eigenvalue weighted by Gasteiger charge is -2.13. The van der Waals surface area contributed by atoms with Crippen molar-refractivity contribution in [1.29, 1.82) is 0 Å². The summed E-state index contributed by atoms with van der Waals surface area (Å²) in [5.74, 6) is -0.215. The lowest BCUT2D eigenvalue weighted by atomic mass is 10.0. The molecule has 0 bridgehead atoms. The fraction of sp³-hybridized carbons (Fsp3) is 0.161. The Balaban J connectivity index is 1.44. The number of hydrogen-bond donors (Lipinski definition) is 4. The van der Waals surface area contributed by atoms with Gasteiger partial charge in [0.1, 0.15) is 22.8 Å². The normalized spacial score (nSPS) is 11.6. The minimum Gasteiger partial charge on any atom is -0.358 e. The lowest BCUT2D eigenvalue weighted by molar-refractivity contribution is 0.624. The average molecular weight is 551 g/mol. The summed E-state index contributed by atoms with van der Waals surface area (Å²) in [6.45, 7) is 8.63. The summed E-state index contributed by atoms with van der Waals surface area (Å²) in [5.41, 5.74) is 6.50. The Morgan fingerprint density at radius 2 is 1.85 bits per heavy atom. The molecule has 4 N–H and O–H groups in total. The third-order valence-corrected chi connectivity index (χ3v) is 6.96. The van der Waals surface area contributed by atoms with Crippen LogP contribution < -0.4 is 10.6 Å². The number of imidazole rings is 1. The van der Waals surface area contributed by atoms with E-state index in [1.165, 1.54) is 12.1 Å². The van der Waals surface area contributed by atoms with Gasteiger partial charge in [-0.3, -0.25) is 15.1 Å². The van der Waals surface area contributed by atoms with Crippen LogP contribution in [0.15, 0.2) is 73.3 Å². The van der Waals surface area contributed by atoms with Gasteiger partial charge in [-0.2, -0.15) is 5.10 Å². The van der Waals surface area contributed by atoms with Crippen molar-refractivity contribution < 1.29 is 8.78 Å². The summed E-state index contributed by atoms with van der Waals surface area (Å²) >= 11 is 0. The molecule has 10 heteroatoms. The number of rotatable bonds is 8. The number of nitrogens with zero attached hydrogens (tertiary/aromatic N) is 4. The average Bonchev–Trinajstić information content (AvgIpc) is 3.58. The van der Waals surface area contributed by atoms with Crippen LogP contribution in [-0.2, 0) is 6.54 Å². The zero-order chi connectivity index (χ0) is 28.7. The standard InChI is InChI=1S/C31H28F2N8/c1-16(2)17(3)37-22-12-20(14-35-15-22)23-5-6-24-26(27(23)33)30(41-40-24)31-38-25-7-8-36-28(29(25)39-31)19-9-18(13-34-4)10-21(32)11-19/h5-12,14-16,34,37H,3,13H2,1-2,4H3,(H,38,39)(H,40,41). The quantitative estimate of drug-likeness (QED) is 0.166. The van der Waals surface area contributed by atoms with E-state index in [0.717, 1.165) is 16.9 Å². The minimum atomic E-state index is -0.450. The van der Waals surface area contributed by atoms with Crippen LogP contribution in [0.4, 0.5) is 14.5 Å². The molecular formula is C31H28F2N8. The molecule has 4 heterocycles. The predicted octanol–water partition coefficient (Wildman–Crippen LogP) is 6.81. The Bertz CT molecular complexity index is 1920. The van der Waals surface area contributed by atoms with Gasteiger partial charge in [-0.15, -0.1) is 0 Å².